The lowest BCUT2D eigenvalue weighted by Gasteiger charge is -2.22. The summed E-state index contributed by atoms with van der Waals surface area (Å²) in [5.74, 6) is 1.61. The van der Waals surface area contributed by atoms with E-state index in [2.05, 4.69) is 11.9 Å². The summed E-state index contributed by atoms with van der Waals surface area (Å²) >= 11 is 1.55. The third-order valence-electron chi connectivity index (χ3n) is 4.53. The van der Waals surface area contributed by atoms with Gasteiger partial charge in [0.15, 0.2) is 0 Å². The van der Waals surface area contributed by atoms with Gasteiger partial charge in [-0.15, -0.1) is 11.3 Å². The van der Waals surface area contributed by atoms with Crippen molar-refractivity contribution in [1.82, 2.24) is 9.88 Å². The molecule has 0 aliphatic heterocycles. The van der Waals surface area contributed by atoms with Gasteiger partial charge >= 0.3 is 0 Å². The number of amides is 1. The van der Waals surface area contributed by atoms with Gasteiger partial charge in [-0.05, 0) is 49.2 Å². The molecule has 2 aromatic carbocycles. The Bertz CT molecular complexity index is 937. The van der Waals surface area contributed by atoms with Crippen molar-refractivity contribution in [2.45, 2.75) is 33.4 Å². The summed E-state index contributed by atoms with van der Waals surface area (Å²) < 4.78 is 11.0. The van der Waals surface area contributed by atoms with Crippen LogP contribution in [0, 0.1) is 6.92 Å². The first kappa shape index (κ1) is 20.9. The van der Waals surface area contributed by atoms with Crippen molar-refractivity contribution in [1.29, 1.82) is 0 Å². The van der Waals surface area contributed by atoms with Crippen LogP contribution in [0.15, 0.2) is 53.9 Å². The van der Waals surface area contributed by atoms with Gasteiger partial charge < -0.3 is 14.4 Å². The molecular formula is C23H26N2O3S. The number of hydrogen-bond acceptors (Lipinski definition) is 5. The predicted octanol–water partition coefficient (Wildman–Crippen LogP) is 5.09. The molecule has 3 aromatic rings. The third kappa shape index (κ3) is 5.57. The summed E-state index contributed by atoms with van der Waals surface area (Å²) in [6, 6.07) is 15.2. The number of benzene rings is 2. The molecule has 0 bridgehead atoms. The van der Waals surface area contributed by atoms with E-state index in [0.29, 0.717) is 19.7 Å². The molecule has 6 heteroatoms. The van der Waals surface area contributed by atoms with Crippen LogP contribution in [0.1, 0.15) is 40.0 Å². The Morgan fingerprint density at radius 2 is 1.83 bits per heavy atom. The summed E-state index contributed by atoms with van der Waals surface area (Å²) in [4.78, 5) is 19.5. The van der Waals surface area contributed by atoms with Crippen LogP contribution < -0.4 is 9.47 Å². The molecule has 1 heterocycles. The summed E-state index contributed by atoms with van der Waals surface area (Å²) in [5, 5.41) is 2.89. The predicted molar refractivity (Wildman–Crippen MR) is 116 cm³/mol. The number of hydrogen-bond donors (Lipinski definition) is 0. The van der Waals surface area contributed by atoms with E-state index in [1.54, 1.807) is 18.4 Å². The average molecular weight is 411 g/mol. The maximum atomic E-state index is 13.0. The summed E-state index contributed by atoms with van der Waals surface area (Å²) in [6.07, 6.45) is 0.898. The van der Waals surface area contributed by atoms with Crippen LogP contribution >= 0.6 is 11.3 Å². The molecule has 0 N–H and O–H groups in total. The van der Waals surface area contributed by atoms with Gasteiger partial charge in [-0.1, -0.05) is 25.1 Å². The zero-order valence-corrected chi connectivity index (χ0v) is 17.9. The van der Waals surface area contributed by atoms with Gasteiger partial charge in [-0.2, -0.15) is 0 Å². The Hall–Kier alpha value is -2.86. The molecule has 29 heavy (non-hydrogen) atoms. The van der Waals surface area contributed by atoms with Gasteiger partial charge in [0.05, 0.1) is 19.3 Å². The molecule has 1 amide bonds. The van der Waals surface area contributed by atoms with Gasteiger partial charge in [-0.3, -0.25) is 4.79 Å². The van der Waals surface area contributed by atoms with Crippen molar-refractivity contribution < 1.29 is 14.3 Å². The van der Waals surface area contributed by atoms with Crippen LogP contribution in [0.5, 0.6) is 11.5 Å². The molecule has 0 saturated heterocycles. The second kappa shape index (κ2) is 10.1. The molecule has 0 aliphatic rings. The zero-order valence-electron chi connectivity index (χ0n) is 17.1. The first-order chi connectivity index (χ1) is 14.1. The van der Waals surface area contributed by atoms with E-state index in [0.717, 1.165) is 39.7 Å². The Labute approximate surface area is 175 Å². The number of carbonyl (C=O) groups excluding carboxylic acids is 1. The minimum absolute atomic E-state index is 0.0500. The molecular weight excluding hydrogens is 384 g/mol. The number of thiazole rings is 1. The van der Waals surface area contributed by atoms with Crippen LogP contribution in [0.2, 0.25) is 0 Å². The number of aryl methyl sites for hydroxylation is 1. The maximum Gasteiger partial charge on any atom is 0.254 e. The van der Waals surface area contributed by atoms with E-state index in [-0.39, 0.29) is 5.91 Å². The fraction of sp³-hybridized carbons (Fsp3) is 0.304. The normalized spacial score (nSPS) is 10.6. The van der Waals surface area contributed by atoms with Gasteiger partial charge in [0.2, 0.25) is 0 Å². The van der Waals surface area contributed by atoms with Crippen molar-refractivity contribution in [3.05, 3.63) is 75.7 Å². The molecule has 0 saturated carbocycles. The van der Waals surface area contributed by atoms with Crippen molar-refractivity contribution in [2.75, 3.05) is 13.7 Å². The number of methoxy groups -OCH3 is 1. The quantitative estimate of drug-likeness (QED) is 0.493. The highest BCUT2D eigenvalue weighted by Gasteiger charge is 2.18. The van der Waals surface area contributed by atoms with Crippen molar-refractivity contribution in [3.63, 3.8) is 0 Å². The highest BCUT2D eigenvalue weighted by molar-refractivity contribution is 7.09. The molecule has 0 atom stereocenters. The summed E-state index contributed by atoms with van der Waals surface area (Å²) in [6.45, 7) is 5.64. The number of aromatic nitrogens is 1. The number of carbonyl (C=O) groups is 1. The number of rotatable bonds is 9. The largest absolute Gasteiger partial charge is 0.497 e. The van der Waals surface area contributed by atoms with E-state index in [1.165, 1.54) is 0 Å². The minimum Gasteiger partial charge on any atom is -0.497 e. The van der Waals surface area contributed by atoms with Crippen LogP contribution in [-0.2, 0) is 13.2 Å². The lowest BCUT2D eigenvalue weighted by atomic mass is 10.1. The van der Waals surface area contributed by atoms with Crippen LogP contribution in [0.4, 0.5) is 0 Å². The molecule has 0 spiro atoms. The van der Waals surface area contributed by atoms with E-state index >= 15 is 0 Å². The van der Waals surface area contributed by atoms with Gasteiger partial charge in [0.25, 0.3) is 5.91 Å². The summed E-state index contributed by atoms with van der Waals surface area (Å²) in [7, 11) is 1.64. The first-order valence-electron chi connectivity index (χ1n) is 9.65. The van der Waals surface area contributed by atoms with E-state index in [4.69, 9.17) is 9.47 Å². The third-order valence-corrected chi connectivity index (χ3v) is 5.40. The first-order valence-corrected chi connectivity index (χ1v) is 10.5. The van der Waals surface area contributed by atoms with Crippen molar-refractivity contribution >= 4 is 17.2 Å². The molecule has 3 rings (SSSR count). The molecule has 0 fully saturated rings. The van der Waals surface area contributed by atoms with Crippen LogP contribution in [0.25, 0.3) is 0 Å². The Morgan fingerprint density at radius 3 is 2.52 bits per heavy atom. The van der Waals surface area contributed by atoms with Crippen LogP contribution in [-0.4, -0.2) is 29.4 Å². The highest BCUT2D eigenvalue weighted by atomic mass is 32.1. The van der Waals surface area contributed by atoms with Gasteiger partial charge in [-0.25, -0.2) is 4.98 Å². The monoisotopic (exact) mass is 410 g/mol. The maximum absolute atomic E-state index is 13.0. The van der Waals surface area contributed by atoms with Crippen LogP contribution in [0.3, 0.4) is 0 Å². The van der Waals surface area contributed by atoms with E-state index < -0.39 is 0 Å². The van der Waals surface area contributed by atoms with Crippen molar-refractivity contribution in [3.8, 4) is 11.5 Å². The lowest BCUT2D eigenvalue weighted by Crippen LogP contribution is -2.32. The van der Waals surface area contributed by atoms with E-state index in [9.17, 15) is 4.79 Å². The fourth-order valence-electron chi connectivity index (χ4n) is 3.01. The Kier molecular flexibility index (Phi) is 7.25. The molecule has 5 nitrogen and oxygen atoms in total. The fourth-order valence-corrected chi connectivity index (χ4v) is 3.70. The van der Waals surface area contributed by atoms with Crippen molar-refractivity contribution in [2.24, 2.45) is 0 Å². The standard InChI is InChI=1S/C23H26N2O3S/c1-4-13-25(23(26)21-8-6-5-7-17(21)2)14-18-16-29-22(24-18)15-28-20-11-9-19(27-3)10-12-20/h5-12,16H,4,13-15H2,1-3H3. The average Bonchev–Trinajstić information content (AvgIpc) is 3.19. The lowest BCUT2D eigenvalue weighted by molar-refractivity contribution is 0.0740. The summed E-state index contributed by atoms with van der Waals surface area (Å²) in [5.41, 5.74) is 2.63. The number of nitrogens with zero attached hydrogens (tertiary/aromatic N) is 2. The Morgan fingerprint density at radius 1 is 1.10 bits per heavy atom. The SMILES string of the molecule is CCCN(Cc1csc(COc2ccc(OC)cc2)n1)C(=O)c1ccccc1C. The van der Waals surface area contributed by atoms with Gasteiger partial charge in [0, 0.05) is 17.5 Å². The zero-order chi connectivity index (χ0) is 20.6. The highest BCUT2D eigenvalue weighted by Crippen LogP contribution is 2.20. The minimum atomic E-state index is 0.0500. The molecule has 0 unspecified atom stereocenters. The number of ether oxygens (including phenoxy) is 2. The second-order valence-electron chi connectivity index (χ2n) is 6.74. The molecule has 1 aromatic heterocycles. The molecule has 0 radical (unpaired) electrons. The van der Waals surface area contributed by atoms with Gasteiger partial charge in [0.1, 0.15) is 23.1 Å². The molecule has 0 aliphatic carbocycles. The topological polar surface area (TPSA) is 51.7 Å². The van der Waals surface area contributed by atoms with E-state index in [1.807, 2.05) is 65.7 Å². The Balaban J connectivity index is 1.63. The smallest absolute Gasteiger partial charge is 0.254 e. The second-order valence-corrected chi connectivity index (χ2v) is 7.68. The molecule has 152 valence electrons.